The molecule has 17 heteroatoms. The number of hydrazone groups is 2. The van der Waals surface area contributed by atoms with Crippen molar-refractivity contribution in [1.82, 2.24) is 9.97 Å². The first-order valence-corrected chi connectivity index (χ1v) is 17.4. The summed E-state index contributed by atoms with van der Waals surface area (Å²) in [4.78, 5) is 8.93. The zero-order valence-electron chi connectivity index (χ0n) is 25.7. The van der Waals surface area contributed by atoms with Gasteiger partial charge >= 0.3 is 6.18 Å². The Labute approximate surface area is 269 Å². The molecule has 0 atom stereocenters. The number of hydrogen-bond donors (Lipinski definition) is 3. The number of rotatable bonds is 11. The van der Waals surface area contributed by atoms with Crippen molar-refractivity contribution in [3.05, 3.63) is 89.5 Å². The number of aromatic nitrogens is 2. The molecule has 4 rings (SSSR count). The average molecular weight is 690 g/mol. The SMILES string of the molecule is COc1ccc(Nc2nc(NN=C(C)c3ccc(S(C)(=O)=O)cc3)cc(NN=C(C)c3ccc(S(C)(=O)=O)cc3)n2)cc1C(F)(F)F. The third-order valence-electron chi connectivity index (χ3n) is 6.56. The van der Waals surface area contributed by atoms with E-state index in [-0.39, 0.29) is 38.8 Å². The van der Waals surface area contributed by atoms with Crippen LogP contribution >= 0.6 is 0 Å². The van der Waals surface area contributed by atoms with Crippen LogP contribution in [0.25, 0.3) is 0 Å². The number of benzene rings is 3. The topological polar surface area (TPSA) is 164 Å². The molecule has 47 heavy (non-hydrogen) atoms. The molecule has 0 unspecified atom stereocenters. The van der Waals surface area contributed by atoms with Crippen molar-refractivity contribution < 1.29 is 34.7 Å². The van der Waals surface area contributed by atoms with Gasteiger partial charge in [-0.05, 0) is 67.4 Å². The molecule has 0 saturated carbocycles. The van der Waals surface area contributed by atoms with E-state index in [0.29, 0.717) is 22.6 Å². The van der Waals surface area contributed by atoms with Gasteiger partial charge in [-0.25, -0.2) is 16.8 Å². The van der Waals surface area contributed by atoms with Crippen molar-refractivity contribution in [2.45, 2.75) is 29.8 Å². The summed E-state index contributed by atoms with van der Waals surface area (Å²) in [5, 5.41) is 11.4. The Morgan fingerprint density at radius 1 is 0.723 bits per heavy atom. The Morgan fingerprint density at radius 3 is 1.55 bits per heavy atom. The standard InChI is InChI=1S/C30H30F3N7O5S2/c1-18(20-6-11-23(12-7-20)46(4,41)42)37-39-27-17-28(40-38-19(2)21-8-13-24(14-9-21)47(5,43)44)36-29(35-27)34-22-10-15-26(45-3)25(16-22)30(31,32)33/h6-17H,1-5H3,(H3,34,35,36,39,40). The highest BCUT2D eigenvalue weighted by atomic mass is 32.2. The third kappa shape index (κ3) is 9.26. The Bertz CT molecular complexity index is 1940. The Kier molecular flexibility index (Phi) is 10.2. The highest BCUT2D eigenvalue weighted by molar-refractivity contribution is 7.91. The van der Waals surface area contributed by atoms with Crippen molar-refractivity contribution in [3.8, 4) is 5.75 Å². The van der Waals surface area contributed by atoms with E-state index in [2.05, 4.69) is 36.3 Å². The van der Waals surface area contributed by atoms with Gasteiger partial charge in [-0.2, -0.15) is 33.3 Å². The summed E-state index contributed by atoms with van der Waals surface area (Å²) < 4.78 is 92.9. The Hall–Kier alpha value is -5.03. The number of ether oxygens (including phenoxy) is 1. The molecule has 0 spiro atoms. The summed E-state index contributed by atoms with van der Waals surface area (Å²) in [6.07, 6.45) is -2.47. The van der Waals surface area contributed by atoms with Crippen LogP contribution in [0.4, 0.5) is 36.4 Å². The van der Waals surface area contributed by atoms with Gasteiger partial charge in [0.25, 0.3) is 0 Å². The second-order valence-corrected chi connectivity index (χ2v) is 14.2. The van der Waals surface area contributed by atoms with Crippen molar-refractivity contribution in [2.24, 2.45) is 10.2 Å². The Balaban J connectivity index is 1.66. The molecule has 0 bridgehead atoms. The first-order valence-electron chi connectivity index (χ1n) is 13.6. The molecular weight excluding hydrogens is 660 g/mol. The summed E-state index contributed by atoms with van der Waals surface area (Å²) in [6, 6.07) is 17.1. The molecule has 3 aromatic carbocycles. The highest BCUT2D eigenvalue weighted by Crippen LogP contribution is 2.38. The minimum absolute atomic E-state index is 0.0255. The maximum absolute atomic E-state index is 13.6. The van der Waals surface area contributed by atoms with E-state index in [4.69, 9.17) is 4.74 Å². The van der Waals surface area contributed by atoms with Crippen molar-refractivity contribution in [1.29, 1.82) is 0 Å². The van der Waals surface area contributed by atoms with Crippen LogP contribution in [-0.2, 0) is 25.9 Å². The number of methoxy groups -OCH3 is 1. The molecule has 0 aliphatic rings. The molecular formula is C30H30F3N7O5S2. The normalized spacial score (nSPS) is 12.9. The smallest absolute Gasteiger partial charge is 0.420 e. The van der Waals surface area contributed by atoms with E-state index >= 15 is 0 Å². The van der Waals surface area contributed by atoms with E-state index < -0.39 is 31.4 Å². The molecule has 0 radical (unpaired) electrons. The molecule has 0 aliphatic carbocycles. The maximum Gasteiger partial charge on any atom is 0.420 e. The maximum atomic E-state index is 13.6. The third-order valence-corrected chi connectivity index (χ3v) is 8.82. The minimum Gasteiger partial charge on any atom is -0.496 e. The zero-order chi connectivity index (χ0) is 34.6. The number of alkyl halides is 3. The molecule has 4 aromatic rings. The van der Waals surface area contributed by atoms with Gasteiger partial charge in [0, 0.05) is 24.3 Å². The van der Waals surface area contributed by atoms with Crippen LogP contribution in [-0.4, -0.2) is 57.8 Å². The number of sulfone groups is 2. The fourth-order valence-corrected chi connectivity index (χ4v) is 5.31. The fourth-order valence-electron chi connectivity index (χ4n) is 4.05. The second kappa shape index (κ2) is 13.8. The fraction of sp³-hybridized carbons (Fsp3) is 0.200. The van der Waals surface area contributed by atoms with E-state index in [0.717, 1.165) is 31.8 Å². The first-order chi connectivity index (χ1) is 21.9. The quantitative estimate of drug-likeness (QED) is 0.131. The monoisotopic (exact) mass is 689 g/mol. The molecule has 12 nitrogen and oxygen atoms in total. The van der Waals surface area contributed by atoms with Crippen LogP contribution in [0.5, 0.6) is 5.75 Å². The lowest BCUT2D eigenvalue weighted by Gasteiger charge is -2.14. The van der Waals surface area contributed by atoms with Crippen LogP contribution < -0.4 is 20.9 Å². The number of hydrogen-bond acceptors (Lipinski definition) is 12. The van der Waals surface area contributed by atoms with Gasteiger partial charge in [-0.1, -0.05) is 24.3 Å². The van der Waals surface area contributed by atoms with Gasteiger partial charge < -0.3 is 10.1 Å². The minimum atomic E-state index is -4.68. The van der Waals surface area contributed by atoms with Gasteiger partial charge in [0.05, 0.1) is 33.9 Å². The van der Waals surface area contributed by atoms with E-state index in [1.165, 1.54) is 36.4 Å². The van der Waals surface area contributed by atoms with Crippen LogP contribution in [0.3, 0.4) is 0 Å². The molecule has 0 fully saturated rings. The van der Waals surface area contributed by atoms with Crippen LogP contribution in [0.15, 0.2) is 92.8 Å². The predicted molar refractivity (Wildman–Crippen MR) is 174 cm³/mol. The highest BCUT2D eigenvalue weighted by Gasteiger charge is 2.34. The number of halogens is 3. The van der Waals surface area contributed by atoms with Gasteiger partial charge in [0.15, 0.2) is 31.3 Å². The van der Waals surface area contributed by atoms with Crippen LogP contribution in [0.1, 0.15) is 30.5 Å². The molecule has 0 saturated heterocycles. The van der Waals surface area contributed by atoms with Crippen molar-refractivity contribution >= 4 is 54.4 Å². The lowest BCUT2D eigenvalue weighted by atomic mass is 10.1. The zero-order valence-corrected chi connectivity index (χ0v) is 27.3. The molecule has 0 amide bonds. The lowest BCUT2D eigenvalue weighted by Crippen LogP contribution is -2.09. The molecule has 248 valence electrons. The number of nitrogens with one attached hydrogen (secondary N) is 3. The van der Waals surface area contributed by atoms with Gasteiger partial charge in [0.1, 0.15) is 5.75 Å². The van der Waals surface area contributed by atoms with E-state index in [1.54, 1.807) is 38.1 Å². The largest absolute Gasteiger partial charge is 0.496 e. The number of nitrogens with zero attached hydrogens (tertiary/aromatic N) is 4. The van der Waals surface area contributed by atoms with E-state index in [1.807, 2.05) is 0 Å². The van der Waals surface area contributed by atoms with E-state index in [9.17, 15) is 30.0 Å². The predicted octanol–water partition coefficient (Wildman–Crippen LogP) is 5.73. The van der Waals surface area contributed by atoms with Crippen molar-refractivity contribution in [2.75, 3.05) is 35.8 Å². The number of anilines is 4. The van der Waals surface area contributed by atoms with Gasteiger partial charge in [-0.15, -0.1) is 0 Å². The average Bonchev–Trinajstić information content (AvgIpc) is 3.01. The molecule has 1 heterocycles. The molecule has 1 aromatic heterocycles. The van der Waals surface area contributed by atoms with Crippen LogP contribution in [0, 0.1) is 0 Å². The molecule has 3 N–H and O–H groups in total. The molecule has 0 aliphatic heterocycles. The van der Waals surface area contributed by atoms with Crippen molar-refractivity contribution in [3.63, 3.8) is 0 Å². The Morgan fingerprint density at radius 2 is 1.17 bits per heavy atom. The van der Waals surface area contributed by atoms with Gasteiger partial charge in [-0.3, -0.25) is 10.9 Å². The summed E-state index contributed by atoms with van der Waals surface area (Å²) in [7, 11) is -5.62. The first kappa shape index (κ1) is 34.8. The summed E-state index contributed by atoms with van der Waals surface area (Å²) in [5.74, 6) is -0.198. The lowest BCUT2D eigenvalue weighted by molar-refractivity contribution is -0.138. The second-order valence-electron chi connectivity index (χ2n) is 10.2. The summed E-state index contributed by atoms with van der Waals surface area (Å²) in [6.45, 7) is 3.36. The van der Waals surface area contributed by atoms with Crippen LogP contribution in [0.2, 0.25) is 0 Å². The summed E-state index contributed by atoms with van der Waals surface area (Å²) in [5.41, 5.74) is 6.78. The van der Waals surface area contributed by atoms with Gasteiger partial charge in [0.2, 0.25) is 5.95 Å². The summed E-state index contributed by atoms with van der Waals surface area (Å²) >= 11 is 0.